The predicted molar refractivity (Wildman–Crippen MR) is 63.6 cm³/mol. The van der Waals surface area contributed by atoms with Crippen molar-refractivity contribution in [1.82, 2.24) is 5.32 Å². The van der Waals surface area contributed by atoms with Gasteiger partial charge in [0.2, 0.25) is 0 Å². The molecule has 0 spiro atoms. The van der Waals surface area contributed by atoms with Crippen molar-refractivity contribution < 1.29 is 4.74 Å². The lowest BCUT2D eigenvalue weighted by molar-refractivity contribution is 0.240. The summed E-state index contributed by atoms with van der Waals surface area (Å²) in [7, 11) is 0. The summed E-state index contributed by atoms with van der Waals surface area (Å²) in [6, 6.07) is 6.52. The zero-order valence-corrected chi connectivity index (χ0v) is 9.48. The van der Waals surface area contributed by atoms with Crippen LogP contribution in [0, 0.1) is 0 Å². The van der Waals surface area contributed by atoms with Gasteiger partial charge in [-0.2, -0.15) is 11.8 Å². The van der Waals surface area contributed by atoms with Crippen molar-refractivity contribution in [3.8, 4) is 5.75 Å². The number of benzene rings is 1. The van der Waals surface area contributed by atoms with E-state index in [-0.39, 0.29) is 0 Å². The van der Waals surface area contributed by atoms with Crippen LogP contribution in [0.15, 0.2) is 18.2 Å². The smallest absolute Gasteiger partial charge is 0.120 e. The summed E-state index contributed by atoms with van der Waals surface area (Å²) in [5.74, 6) is 3.36. The van der Waals surface area contributed by atoms with E-state index in [4.69, 9.17) is 4.74 Å². The van der Waals surface area contributed by atoms with Crippen LogP contribution in [-0.4, -0.2) is 24.2 Å². The zero-order chi connectivity index (χ0) is 10.1. The number of ether oxygens (including phenoxy) is 1. The number of rotatable bonds is 2. The molecule has 0 amide bonds. The van der Waals surface area contributed by atoms with Crippen LogP contribution in [0.1, 0.15) is 11.1 Å². The second kappa shape index (κ2) is 4.06. The van der Waals surface area contributed by atoms with Crippen LogP contribution in [0.3, 0.4) is 0 Å². The average Bonchev–Trinajstić information content (AvgIpc) is 2.23. The molecule has 1 N–H and O–H groups in total. The Morgan fingerprint density at radius 1 is 1.27 bits per heavy atom. The number of hydrogen-bond donors (Lipinski definition) is 1. The quantitative estimate of drug-likeness (QED) is 0.823. The lowest BCUT2D eigenvalue weighted by atomic mass is 10.0. The Bertz CT molecular complexity index is 363. The van der Waals surface area contributed by atoms with Gasteiger partial charge in [-0.3, -0.25) is 0 Å². The van der Waals surface area contributed by atoms with E-state index >= 15 is 0 Å². The van der Waals surface area contributed by atoms with E-state index in [1.54, 1.807) is 0 Å². The Hall–Kier alpha value is -0.670. The first-order chi connectivity index (χ1) is 7.42. The Morgan fingerprint density at radius 3 is 3.00 bits per heavy atom. The molecule has 0 atom stereocenters. The van der Waals surface area contributed by atoms with Crippen molar-refractivity contribution in [3.05, 3.63) is 29.3 Å². The minimum Gasteiger partial charge on any atom is -0.489 e. The monoisotopic (exact) mass is 221 g/mol. The van der Waals surface area contributed by atoms with Gasteiger partial charge in [0.05, 0.1) is 0 Å². The number of nitrogens with one attached hydrogen (secondary N) is 1. The maximum Gasteiger partial charge on any atom is 0.120 e. The molecule has 1 aromatic rings. The van der Waals surface area contributed by atoms with Crippen LogP contribution >= 0.6 is 11.8 Å². The Morgan fingerprint density at radius 2 is 2.20 bits per heavy atom. The molecule has 2 aliphatic rings. The van der Waals surface area contributed by atoms with Crippen LogP contribution in [0.2, 0.25) is 0 Å². The van der Waals surface area contributed by atoms with Crippen LogP contribution in [0.25, 0.3) is 0 Å². The topological polar surface area (TPSA) is 21.3 Å². The minimum atomic E-state index is 0.453. The number of hydrogen-bond acceptors (Lipinski definition) is 3. The SMILES string of the molecule is c1cc2c(cc1OC1CSC1)CCNC2. The van der Waals surface area contributed by atoms with E-state index in [2.05, 4.69) is 23.5 Å². The Kier molecular flexibility index (Phi) is 2.59. The van der Waals surface area contributed by atoms with E-state index in [0.717, 1.165) is 36.8 Å². The highest BCUT2D eigenvalue weighted by molar-refractivity contribution is 8.00. The predicted octanol–water partition coefficient (Wildman–Crippen LogP) is 1.83. The molecule has 0 aromatic heterocycles. The number of fused-ring (bicyclic) bond motifs is 1. The van der Waals surface area contributed by atoms with Gasteiger partial charge in [0, 0.05) is 18.1 Å². The summed E-state index contributed by atoms with van der Waals surface area (Å²) in [6.07, 6.45) is 1.58. The lowest BCUT2D eigenvalue weighted by Crippen LogP contribution is -2.31. The Labute approximate surface area is 94.4 Å². The maximum atomic E-state index is 5.88. The van der Waals surface area contributed by atoms with Crippen LogP contribution in [0.5, 0.6) is 5.75 Å². The highest BCUT2D eigenvalue weighted by Gasteiger charge is 2.20. The van der Waals surface area contributed by atoms with E-state index < -0.39 is 0 Å². The molecule has 0 bridgehead atoms. The van der Waals surface area contributed by atoms with Gasteiger partial charge >= 0.3 is 0 Å². The van der Waals surface area contributed by atoms with Crippen LogP contribution < -0.4 is 10.1 Å². The van der Waals surface area contributed by atoms with Crippen LogP contribution in [-0.2, 0) is 13.0 Å². The molecule has 0 radical (unpaired) electrons. The molecule has 0 saturated carbocycles. The van der Waals surface area contributed by atoms with Crippen molar-refractivity contribution in [3.63, 3.8) is 0 Å². The molecule has 3 heteroatoms. The fourth-order valence-electron chi connectivity index (χ4n) is 2.00. The zero-order valence-electron chi connectivity index (χ0n) is 8.66. The normalized spacial score (nSPS) is 20.5. The summed E-state index contributed by atoms with van der Waals surface area (Å²) in [5, 5.41) is 3.38. The third kappa shape index (κ3) is 1.99. The molecule has 15 heavy (non-hydrogen) atoms. The molecule has 2 nitrogen and oxygen atoms in total. The highest BCUT2D eigenvalue weighted by atomic mass is 32.2. The molecule has 3 rings (SSSR count). The Balaban J connectivity index is 1.77. The largest absolute Gasteiger partial charge is 0.489 e. The van der Waals surface area contributed by atoms with Gasteiger partial charge in [-0.15, -0.1) is 0 Å². The van der Waals surface area contributed by atoms with E-state index in [9.17, 15) is 0 Å². The van der Waals surface area contributed by atoms with Gasteiger partial charge in [-0.05, 0) is 36.2 Å². The standard InChI is InChI=1S/C12H15NOS/c1-2-11(14-12-7-15-8-12)5-9-3-4-13-6-10(1)9/h1-2,5,12-13H,3-4,6-8H2. The molecule has 1 fully saturated rings. The van der Waals surface area contributed by atoms with E-state index in [1.807, 2.05) is 11.8 Å². The summed E-state index contributed by atoms with van der Waals surface area (Å²) < 4.78 is 5.88. The summed E-state index contributed by atoms with van der Waals surface area (Å²) in [5.41, 5.74) is 2.88. The van der Waals surface area contributed by atoms with Crippen LogP contribution in [0.4, 0.5) is 0 Å². The van der Waals surface area contributed by atoms with Gasteiger partial charge < -0.3 is 10.1 Å². The van der Waals surface area contributed by atoms with Gasteiger partial charge in [0.25, 0.3) is 0 Å². The molecule has 2 aliphatic heterocycles. The van der Waals surface area contributed by atoms with Crippen molar-refractivity contribution in [1.29, 1.82) is 0 Å². The highest BCUT2D eigenvalue weighted by Crippen LogP contribution is 2.26. The van der Waals surface area contributed by atoms with Gasteiger partial charge in [0.15, 0.2) is 0 Å². The van der Waals surface area contributed by atoms with Crippen molar-refractivity contribution in [2.75, 3.05) is 18.1 Å². The maximum absolute atomic E-state index is 5.88. The first-order valence-electron chi connectivity index (χ1n) is 5.49. The van der Waals surface area contributed by atoms with Crippen molar-refractivity contribution in [2.45, 2.75) is 19.1 Å². The summed E-state index contributed by atoms with van der Waals surface area (Å²) in [6.45, 7) is 2.10. The molecular formula is C12H15NOS. The van der Waals surface area contributed by atoms with Crippen molar-refractivity contribution >= 4 is 11.8 Å². The third-order valence-electron chi connectivity index (χ3n) is 2.97. The fourth-order valence-corrected chi connectivity index (χ4v) is 2.57. The molecule has 0 unspecified atom stereocenters. The van der Waals surface area contributed by atoms with Gasteiger partial charge in [-0.1, -0.05) is 6.07 Å². The fraction of sp³-hybridized carbons (Fsp3) is 0.500. The lowest BCUT2D eigenvalue weighted by Gasteiger charge is -2.26. The first-order valence-corrected chi connectivity index (χ1v) is 6.64. The molecule has 1 aromatic carbocycles. The third-order valence-corrected chi connectivity index (χ3v) is 4.19. The second-order valence-electron chi connectivity index (χ2n) is 4.13. The minimum absolute atomic E-state index is 0.453. The van der Waals surface area contributed by atoms with E-state index in [0.29, 0.717) is 6.10 Å². The number of thioether (sulfide) groups is 1. The van der Waals surface area contributed by atoms with Crippen molar-refractivity contribution in [2.24, 2.45) is 0 Å². The van der Waals surface area contributed by atoms with Gasteiger partial charge in [-0.25, -0.2) is 0 Å². The summed E-state index contributed by atoms with van der Waals surface area (Å²) >= 11 is 1.96. The molecule has 0 aliphatic carbocycles. The average molecular weight is 221 g/mol. The molecule has 2 heterocycles. The first kappa shape index (κ1) is 9.55. The molecule has 1 saturated heterocycles. The summed E-state index contributed by atoms with van der Waals surface area (Å²) in [4.78, 5) is 0. The second-order valence-corrected chi connectivity index (χ2v) is 5.21. The molecular weight excluding hydrogens is 206 g/mol. The molecule has 80 valence electrons. The van der Waals surface area contributed by atoms with E-state index in [1.165, 1.54) is 11.1 Å². The van der Waals surface area contributed by atoms with Gasteiger partial charge in [0.1, 0.15) is 11.9 Å².